The highest BCUT2D eigenvalue weighted by Crippen LogP contribution is 2.25. The molecule has 1 aliphatic rings. The third-order valence-corrected chi connectivity index (χ3v) is 6.32. The first-order valence-electron chi connectivity index (χ1n) is 9.29. The molecule has 2 heterocycles. The quantitative estimate of drug-likeness (QED) is 0.474. The van der Waals surface area contributed by atoms with Crippen molar-refractivity contribution < 1.29 is 23.9 Å². The monoisotopic (exact) mass is 447 g/mol. The Morgan fingerprint density at radius 1 is 1.10 bits per heavy atom. The molecule has 0 aliphatic carbocycles. The van der Waals surface area contributed by atoms with E-state index in [1.807, 2.05) is 4.90 Å². The van der Waals surface area contributed by atoms with Crippen LogP contribution in [0, 0.1) is 0 Å². The number of amides is 3. The Morgan fingerprint density at radius 2 is 1.83 bits per heavy atom. The van der Waals surface area contributed by atoms with Crippen LogP contribution in [0.3, 0.4) is 0 Å². The number of benzene rings is 1. The number of hydrogen-bond acceptors (Lipinski definition) is 7. The van der Waals surface area contributed by atoms with E-state index in [0.717, 1.165) is 37.3 Å². The summed E-state index contributed by atoms with van der Waals surface area (Å²) in [6.07, 6.45) is 2.04. The Morgan fingerprint density at radius 3 is 2.57 bits per heavy atom. The van der Waals surface area contributed by atoms with Gasteiger partial charge in [0.1, 0.15) is 5.00 Å². The Labute approximate surface area is 181 Å². The first kappa shape index (κ1) is 21.8. The van der Waals surface area contributed by atoms with E-state index in [2.05, 4.69) is 5.32 Å². The van der Waals surface area contributed by atoms with E-state index >= 15 is 0 Å². The molecule has 8 nitrogen and oxygen atoms in total. The van der Waals surface area contributed by atoms with E-state index in [4.69, 9.17) is 10.5 Å². The zero-order valence-electron chi connectivity index (χ0n) is 16.1. The number of thioether (sulfide) groups is 1. The molecule has 3 rings (SSSR count). The predicted molar refractivity (Wildman–Crippen MR) is 115 cm³/mol. The van der Waals surface area contributed by atoms with Gasteiger partial charge in [0.25, 0.3) is 11.8 Å². The summed E-state index contributed by atoms with van der Waals surface area (Å²) in [6.45, 7) is 1.04. The van der Waals surface area contributed by atoms with E-state index < -0.39 is 24.4 Å². The van der Waals surface area contributed by atoms with Crippen LogP contribution in [-0.2, 0) is 14.3 Å². The highest BCUT2D eigenvalue weighted by molar-refractivity contribution is 8.00. The number of likely N-dealkylation sites (tertiary alicyclic amines) is 1. The normalized spacial score (nSPS) is 13.1. The second-order valence-electron chi connectivity index (χ2n) is 6.52. The van der Waals surface area contributed by atoms with Gasteiger partial charge < -0.3 is 20.7 Å². The van der Waals surface area contributed by atoms with Crippen molar-refractivity contribution in [2.24, 2.45) is 5.73 Å². The smallest absolute Gasteiger partial charge is 0.339 e. The number of rotatable bonds is 8. The van der Waals surface area contributed by atoms with Crippen LogP contribution in [0.1, 0.15) is 33.6 Å². The lowest BCUT2D eigenvalue weighted by Gasteiger charge is -2.15. The average Bonchev–Trinajstić information content (AvgIpc) is 3.42. The lowest BCUT2D eigenvalue weighted by atomic mass is 10.2. The molecule has 1 aliphatic heterocycles. The van der Waals surface area contributed by atoms with Crippen molar-refractivity contribution in [1.29, 1.82) is 0 Å². The van der Waals surface area contributed by atoms with Gasteiger partial charge in [-0.25, -0.2) is 4.79 Å². The van der Waals surface area contributed by atoms with Crippen LogP contribution in [0.15, 0.2) is 40.6 Å². The number of nitrogens with two attached hydrogens (primary N) is 1. The molecule has 0 spiro atoms. The second kappa shape index (κ2) is 10.3. The van der Waals surface area contributed by atoms with E-state index in [1.54, 1.807) is 29.6 Å². The van der Waals surface area contributed by atoms with Gasteiger partial charge in [0.2, 0.25) is 5.91 Å². The van der Waals surface area contributed by atoms with Crippen LogP contribution in [-0.4, -0.2) is 54.0 Å². The van der Waals surface area contributed by atoms with Gasteiger partial charge in [-0.05, 0) is 36.4 Å². The fourth-order valence-electron chi connectivity index (χ4n) is 2.93. The van der Waals surface area contributed by atoms with Gasteiger partial charge in [0, 0.05) is 18.0 Å². The maximum absolute atomic E-state index is 12.5. The molecule has 0 saturated carbocycles. The van der Waals surface area contributed by atoms with Gasteiger partial charge in [0.15, 0.2) is 6.61 Å². The summed E-state index contributed by atoms with van der Waals surface area (Å²) in [5.41, 5.74) is 5.73. The maximum Gasteiger partial charge on any atom is 0.339 e. The molecular weight excluding hydrogens is 426 g/mol. The fraction of sp³-hybridized carbons (Fsp3) is 0.300. The third-order valence-electron chi connectivity index (χ3n) is 4.43. The van der Waals surface area contributed by atoms with E-state index in [1.165, 1.54) is 17.8 Å². The molecule has 0 radical (unpaired) electrons. The van der Waals surface area contributed by atoms with E-state index in [9.17, 15) is 19.2 Å². The van der Waals surface area contributed by atoms with Gasteiger partial charge >= 0.3 is 5.97 Å². The summed E-state index contributed by atoms with van der Waals surface area (Å²) < 4.78 is 5.12. The van der Waals surface area contributed by atoms with Gasteiger partial charge in [-0.3, -0.25) is 14.4 Å². The predicted octanol–water partition coefficient (Wildman–Crippen LogP) is 2.36. The minimum atomic E-state index is -0.664. The summed E-state index contributed by atoms with van der Waals surface area (Å²) in [5.74, 6) is -1.62. The number of anilines is 1. The molecule has 3 N–H and O–H groups in total. The summed E-state index contributed by atoms with van der Waals surface area (Å²) in [4.78, 5) is 50.5. The average molecular weight is 448 g/mol. The van der Waals surface area contributed by atoms with Crippen LogP contribution in [0.5, 0.6) is 0 Å². The van der Waals surface area contributed by atoms with E-state index in [0.29, 0.717) is 15.5 Å². The highest BCUT2D eigenvalue weighted by atomic mass is 32.2. The van der Waals surface area contributed by atoms with Gasteiger partial charge in [0.05, 0.1) is 16.9 Å². The number of nitrogens with zero attached hydrogens (tertiary/aromatic N) is 1. The van der Waals surface area contributed by atoms with Crippen molar-refractivity contribution in [2.75, 3.05) is 30.8 Å². The fourth-order valence-corrected chi connectivity index (χ4v) is 4.68. The largest absolute Gasteiger partial charge is 0.452 e. The Hall–Kier alpha value is -2.85. The van der Waals surface area contributed by atoms with Crippen LogP contribution in [0.2, 0.25) is 0 Å². The lowest BCUT2D eigenvalue weighted by Crippen LogP contribution is -2.29. The third kappa shape index (κ3) is 5.61. The Kier molecular flexibility index (Phi) is 7.47. The van der Waals surface area contributed by atoms with Crippen molar-refractivity contribution in [1.82, 2.24) is 4.90 Å². The van der Waals surface area contributed by atoms with Crippen molar-refractivity contribution in [2.45, 2.75) is 17.7 Å². The zero-order valence-corrected chi connectivity index (χ0v) is 17.7. The molecule has 1 saturated heterocycles. The van der Waals surface area contributed by atoms with Crippen molar-refractivity contribution >= 4 is 51.8 Å². The Bertz CT molecular complexity index is 953. The van der Waals surface area contributed by atoms with Gasteiger partial charge in [-0.15, -0.1) is 23.1 Å². The number of thiophene rings is 1. The molecule has 3 amide bonds. The molecule has 0 bridgehead atoms. The topological polar surface area (TPSA) is 119 Å². The number of hydrogen-bond donors (Lipinski definition) is 2. The summed E-state index contributed by atoms with van der Waals surface area (Å²) in [5, 5.41) is 4.44. The molecule has 1 aromatic heterocycles. The summed E-state index contributed by atoms with van der Waals surface area (Å²) in [6, 6.07) is 8.30. The lowest BCUT2D eigenvalue weighted by molar-refractivity contribution is -0.127. The van der Waals surface area contributed by atoms with Crippen LogP contribution in [0.25, 0.3) is 0 Å². The first-order chi connectivity index (χ1) is 14.5. The number of ether oxygens (including phenoxy) is 1. The van der Waals surface area contributed by atoms with Crippen LogP contribution < -0.4 is 11.1 Å². The molecule has 10 heteroatoms. The summed E-state index contributed by atoms with van der Waals surface area (Å²) in [7, 11) is 0. The molecule has 0 unspecified atom stereocenters. The molecule has 30 heavy (non-hydrogen) atoms. The van der Waals surface area contributed by atoms with Crippen molar-refractivity contribution in [3.05, 3.63) is 46.8 Å². The minimum Gasteiger partial charge on any atom is -0.452 e. The SMILES string of the molecule is NC(=O)c1ccsc1NC(=O)COC(=O)c1ccccc1SCC(=O)N1CCCC1. The standard InChI is InChI=1S/C20H21N3O5S2/c21-18(26)14-7-10-29-19(14)22-16(24)11-28-20(27)13-5-1-2-6-15(13)30-12-17(25)23-8-3-4-9-23/h1-2,5-7,10H,3-4,8-9,11-12H2,(H2,21,26)(H,22,24). The number of carbonyl (C=O) groups excluding carboxylic acids is 4. The van der Waals surface area contributed by atoms with Gasteiger partial charge in [-0.1, -0.05) is 12.1 Å². The van der Waals surface area contributed by atoms with Crippen LogP contribution in [0.4, 0.5) is 5.00 Å². The summed E-state index contributed by atoms with van der Waals surface area (Å²) >= 11 is 2.42. The molecule has 1 fully saturated rings. The number of esters is 1. The van der Waals surface area contributed by atoms with Gasteiger partial charge in [-0.2, -0.15) is 0 Å². The molecule has 2 aromatic rings. The van der Waals surface area contributed by atoms with Crippen molar-refractivity contribution in [3.63, 3.8) is 0 Å². The molecule has 158 valence electrons. The number of nitrogens with one attached hydrogen (secondary N) is 1. The molecule has 0 atom stereocenters. The molecule has 1 aromatic carbocycles. The molecular formula is C20H21N3O5S2. The first-order valence-corrected chi connectivity index (χ1v) is 11.2. The van der Waals surface area contributed by atoms with Crippen molar-refractivity contribution in [3.8, 4) is 0 Å². The van der Waals surface area contributed by atoms with Crippen LogP contribution >= 0.6 is 23.1 Å². The zero-order chi connectivity index (χ0) is 21.5. The number of primary amides is 1. The Balaban J connectivity index is 1.55. The highest BCUT2D eigenvalue weighted by Gasteiger charge is 2.20. The minimum absolute atomic E-state index is 0.0428. The van der Waals surface area contributed by atoms with E-state index in [-0.39, 0.29) is 17.2 Å². The number of carbonyl (C=O) groups is 4. The maximum atomic E-state index is 12.5. The second-order valence-corrected chi connectivity index (χ2v) is 8.46.